The van der Waals surface area contributed by atoms with E-state index < -0.39 is 72.8 Å². The van der Waals surface area contributed by atoms with Crippen LogP contribution in [0.5, 0.6) is 0 Å². The summed E-state index contributed by atoms with van der Waals surface area (Å²) in [6, 6.07) is 46.9. The molecule has 6 aromatic carbocycles. The number of carboxylic acid groups (broad SMARTS) is 1. The molecule has 0 radical (unpaired) electrons. The first-order chi connectivity index (χ1) is 57.8. The van der Waals surface area contributed by atoms with Crippen molar-refractivity contribution in [2.75, 3.05) is 17.3 Å². The zero-order valence-electron chi connectivity index (χ0n) is 81.1. The molecule has 11 N–H and O–H groups in total. The number of carboxylic acids is 1. The van der Waals surface area contributed by atoms with Crippen LogP contribution in [-0.2, 0) is 65.0 Å². The molecule has 0 spiro atoms. The first-order valence-corrected chi connectivity index (χ1v) is 49.5. The van der Waals surface area contributed by atoms with E-state index in [0.717, 1.165) is 71.0 Å². The number of Topliss-reactive ketones (excluding diaryl/α,β-unsaturated/α-hetero) is 1. The van der Waals surface area contributed by atoms with Gasteiger partial charge in [-0.25, -0.2) is 41.0 Å². The molecule has 1 unspecified atom stereocenters. The van der Waals surface area contributed by atoms with Gasteiger partial charge in [0.25, 0.3) is 0 Å². The Morgan fingerprint density at radius 2 is 1.16 bits per heavy atom. The van der Waals surface area contributed by atoms with Crippen LogP contribution in [0.2, 0.25) is 24.7 Å². The number of hydrogen-bond donors (Lipinski definition) is 9. The van der Waals surface area contributed by atoms with Gasteiger partial charge in [-0.1, -0.05) is 146 Å². The van der Waals surface area contributed by atoms with Crippen LogP contribution in [0.15, 0.2) is 144 Å². The van der Waals surface area contributed by atoms with Crippen LogP contribution in [0.1, 0.15) is 277 Å². The Hall–Kier alpha value is -7.21. The first-order valence-electron chi connectivity index (χ1n) is 42.3. The predicted molar refractivity (Wildman–Crippen MR) is 525 cm³/mol. The average Bonchev–Trinajstić information content (AvgIpc) is 1.75. The summed E-state index contributed by atoms with van der Waals surface area (Å²) >= 11 is 0. The maximum Gasteiger partial charge on any atom is 2.00 e. The molecule has 3 aliphatic rings. The van der Waals surface area contributed by atoms with E-state index in [4.69, 9.17) is 47.9 Å². The van der Waals surface area contributed by atoms with Crippen molar-refractivity contribution in [1.82, 2.24) is 19.8 Å². The van der Waals surface area contributed by atoms with E-state index in [2.05, 4.69) is 62.5 Å². The summed E-state index contributed by atoms with van der Waals surface area (Å²) in [5, 5.41) is 71.2. The van der Waals surface area contributed by atoms with Crippen molar-refractivity contribution in [3.8, 4) is 17.8 Å². The van der Waals surface area contributed by atoms with Gasteiger partial charge in [0.1, 0.15) is 19.7 Å². The van der Waals surface area contributed by atoms with Gasteiger partial charge in [-0.05, 0) is 264 Å². The minimum absolute atomic E-state index is 0. The summed E-state index contributed by atoms with van der Waals surface area (Å²) in [4.78, 5) is 38.0. The number of nitrogens with two attached hydrogens (primary N) is 2. The minimum atomic E-state index is -2.02. The number of nitriles is 2. The van der Waals surface area contributed by atoms with Gasteiger partial charge in [-0.15, -0.1) is 23.0 Å². The number of carbonyl (C=O) groups is 3. The topological polar surface area (TPSA) is 374 Å². The summed E-state index contributed by atoms with van der Waals surface area (Å²) in [6.07, 6.45) is 11.8. The molecule has 10 rings (SSSR count). The maximum atomic E-state index is 13.9. The number of halogens is 3. The minimum Gasteiger partial charge on any atom is -1.00 e. The molecular formula is C96H144BrF2MgN11O12S2Si2Ti. The van der Waals surface area contributed by atoms with Crippen LogP contribution < -0.4 is 25.5 Å². The summed E-state index contributed by atoms with van der Waals surface area (Å²) < 4.78 is 79.0. The van der Waals surface area contributed by atoms with Crippen LogP contribution in [0.3, 0.4) is 0 Å². The number of amides is 1. The molecule has 3 fully saturated rings. The van der Waals surface area contributed by atoms with Crippen molar-refractivity contribution in [2.45, 2.75) is 299 Å². The van der Waals surface area contributed by atoms with Crippen LogP contribution in [0.25, 0.3) is 10.5 Å². The molecule has 3 saturated carbocycles. The normalized spacial score (nSPS) is 13.5. The van der Waals surface area contributed by atoms with Crippen LogP contribution >= 0.6 is 17.0 Å². The van der Waals surface area contributed by atoms with Crippen molar-refractivity contribution in [1.29, 1.82) is 10.5 Å². The number of nitrogens with zero attached hydrogens (tertiary/aromatic N) is 7. The van der Waals surface area contributed by atoms with Gasteiger partial charge in [0.2, 0.25) is 0 Å². The number of anilines is 2. The summed E-state index contributed by atoms with van der Waals surface area (Å²) in [5.41, 5.74) is 13.5. The number of nitrogens with one attached hydrogen (secondary N) is 2. The Morgan fingerprint density at radius 1 is 0.711 bits per heavy atom. The number of aliphatic hydroxyl groups excluding tert-OH is 4. The second kappa shape index (κ2) is 60.8. The number of nitrogen functional groups attached to an aromatic ring is 1. The molecule has 1 heterocycles. The second-order valence-electron chi connectivity index (χ2n) is 37.0. The van der Waals surface area contributed by atoms with E-state index in [-0.39, 0.29) is 127 Å². The average molecular weight is 1950 g/mol. The van der Waals surface area contributed by atoms with Crippen molar-refractivity contribution >= 4 is 120 Å². The van der Waals surface area contributed by atoms with Crippen LogP contribution in [0.4, 0.5) is 30.6 Å². The Bertz CT molecular complexity index is 4670. The quantitative estimate of drug-likeness (QED) is 0.0100. The Kier molecular flexibility index (Phi) is 59.3. The van der Waals surface area contributed by atoms with Crippen molar-refractivity contribution < 1.29 is 89.5 Å². The molecule has 3 atom stereocenters. The number of rotatable bonds is 22. The van der Waals surface area contributed by atoms with Crippen molar-refractivity contribution in [3.05, 3.63) is 219 Å². The van der Waals surface area contributed by atoms with Gasteiger partial charge < -0.3 is 51.8 Å². The number of ketones is 1. The predicted octanol–water partition coefficient (Wildman–Crippen LogP) is 20.7. The number of aromatic nitrogens is 2. The van der Waals surface area contributed by atoms with Gasteiger partial charge in [0.15, 0.2) is 17.2 Å². The van der Waals surface area contributed by atoms with Crippen LogP contribution in [-0.4, -0.2) is 154 Å². The fourth-order valence-electron chi connectivity index (χ4n) is 10.2. The molecule has 1 aromatic heterocycles. The van der Waals surface area contributed by atoms with E-state index in [9.17, 15) is 46.4 Å². The molecule has 0 bridgehead atoms. The zero-order valence-corrected chi connectivity index (χ0v) is 88.4. The van der Waals surface area contributed by atoms with Crippen molar-refractivity contribution in [2.24, 2.45) is 27.6 Å². The third-order valence-corrected chi connectivity index (χ3v) is 24.6. The number of benzene rings is 6. The van der Waals surface area contributed by atoms with E-state index in [1.165, 1.54) is 61.4 Å². The molecule has 32 heteroatoms. The molecule has 3 aliphatic carbocycles. The Labute approximate surface area is 813 Å². The van der Waals surface area contributed by atoms with Gasteiger partial charge in [-0.2, -0.15) is 33.8 Å². The number of aliphatic hydroxyl groups is 4. The van der Waals surface area contributed by atoms with Gasteiger partial charge >= 0.3 is 44.0 Å². The number of aromatic carboxylic acids is 1. The van der Waals surface area contributed by atoms with Gasteiger partial charge in [0, 0.05) is 81.2 Å². The molecule has 0 aliphatic heterocycles. The monoisotopic (exact) mass is 1950 g/mol. The molecule has 23 nitrogen and oxygen atoms in total. The van der Waals surface area contributed by atoms with Gasteiger partial charge in [-0.3, -0.25) is 14.6 Å². The Balaban J connectivity index is -0.000000718. The SMILES string of the molecule is Br.CC(C)(C)[S@@](N)=O.CC(C)(C)[S@](=O)NC(CCC1CC1)(c1ccc(C#N)cc1)c1ccc(F)c(N)c1.CC(C)(C)[Si](=O)N=C(CCC1CC1)c1ccc(C#N)cc1.CC(C)O.CC(C)O.CC(C)O.CC(C)O.CN(c1c[c-]ccc1F)[Si](C)(C)C.Cc1cc(C(=O)O)n(-c2cccc(CNC(=O)OC(C)(C)C)c2)n1.[C-]#[N+]c1ccc(C(=O)CCC2CC2)cc1.[H-].[Mg+2].[Ti]. The second-order valence-corrected chi connectivity index (χ2v) is 48.1. The molecular weight excluding hydrogens is 1810 g/mol. The van der Waals surface area contributed by atoms with E-state index in [1.807, 2.05) is 104 Å². The first kappa shape index (κ1) is 125. The fourth-order valence-corrected chi connectivity index (χ4v) is 12.9. The maximum absolute atomic E-state index is 13.9. The molecule has 7 aromatic rings. The number of ether oxygens (including phenoxy) is 1. The molecule has 1 amide bonds. The third-order valence-electron chi connectivity index (χ3n) is 17.8. The molecule has 128 heavy (non-hydrogen) atoms. The third kappa shape index (κ3) is 53.9. The number of alkyl carbamates (subject to hydrolysis) is 1. The number of aryl methyl sites for hydroxylation is 1. The number of hydrogen-bond acceptors (Lipinski definition) is 16. The van der Waals surface area contributed by atoms with Gasteiger partial charge in [0.05, 0.1) is 83.9 Å². The summed E-state index contributed by atoms with van der Waals surface area (Å²) in [5.74, 6) is 0.814. The molecule has 0 saturated heterocycles. The zero-order chi connectivity index (χ0) is 95.7. The standard InChI is InChI=1S/C23H28FN3OS.C17H21N3O4.C17H22N2OSi.C13H13NO.C10H15FNSi.C4H11NOS.4C3H8O.BrH.Mg.Ti.H/c1-22(2,3)29(28)27-23(13-12-16-4-5-16,18-8-6-17(15-25)7-9-18)19-10-11-20(24)21(26)14-19;1-11-8-14(15(21)22)20(19-11)13-7-5-6-12(9-13)10-18-16(23)24-17(2,3)4;1-17(2,3)21(20)19-16(11-8-13-4-5-13)15-9-6-14(12-18)7-10-15;1-14-12-7-5-11(6-8-12)13(15)9-4-10-2-3-10;1-12(13(2,3)4)10-8-6-5-7-9(10)11;1-4(2,3)7(5)6;4*1-3(2)4;;;;/h6-11,14,16,27H,4-5,12-13,26H2,1-3H3;5-9H,10H2,1-4H3,(H,18,23)(H,21,22);6-7,9-10,13H,4-5,8,11H2,1-3H3;5-8,10H,2-4,9H2;5,7-8H,1-4H3;5H2,1-3H3;4*3-4H,1-2H3;1H;;;/q;;;;-1;;;;;;;+2;;-1/t23?,29-;;;;;7-;;;;;;;;/m0....0......../s1. The van der Waals surface area contributed by atoms with E-state index in [1.54, 1.807) is 174 Å². The summed E-state index contributed by atoms with van der Waals surface area (Å²) in [6.45, 7) is 51.7. The van der Waals surface area contributed by atoms with E-state index >= 15 is 0 Å². The summed E-state index contributed by atoms with van der Waals surface area (Å²) in [7, 11) is -4.09. The fraction of sp³-hybridized carbons (Fsp3) is 0.521. The number of carbonyl (C=O) groups excluding carboxylic acids is 2. The largest absolute Gasteiger partial charge is 2.00 e. The van der Waals surface area contributed by atoms with Crippen LogP contribution in [0, 0.1) is 71.6 Å². The smallest absolute Gasteiger partial charge is 1.00 e. The Morgan fingerprint density at radius 3 is 1.57 bits per heavy atom. The molecule has 702 valence electrons. The van der Waals surface area contributed by atoms with Crippen molar-refractivity contribution in [3.63, 3.8) is 0 Å². The van der Waals surface area contributed by atoms with E-state index in [0.29, 0.717) is 52.6 Å².